The number of hydrogen-bond acceptors (Lipinski definition) is 11. The van der Waals surface area contributed by atoms with E-state index in [-0.39, 0.29) is 54.6 Å². The highest BCUT2D eigenvalue weighted by molar-refractivity contribution is 7.48. The van der Waals surface area contributed by atoms with Crippen LogP contribution in [0.25, 0.3) is 11.2 Å². The number of carbonyl (C=O) groups excluding carboxylic acids is 1. The first-order chi connectivity index (χ1) is 19.9. The molecule has 1 saturated heterocycles. The molecule has 16 heteroatoms. The number of benzene rings is 1. The molecule has 1 aliphatic heterocycles. The van der Waals surface area contributed by atoms with Crippen molar-refractivity contribution in [1.29, 1.82) is 0 Å². The van der Waals surface area contributed by atoms with E-state index in [0.29, 0.717) is 10.6 Å². The van der Waals surface area contributed by atoms with Gasteiger partial charge in [-0.05, 0) is 29.7 Å². The Morgan fingerprint density at radius 2 is 2.17 bits per heavy atom. The number of ether oxygens (including phenoxy) is 1. The second kappa shape index (κ2) is 11.9. The Morgan fingerprint density at radius 3 is 2.90 bits per heavy atom. The number of aromatic nitrogens is 4. The lowest BCUT2D eigenvalue weighted by Crippen LogP contribution is -2.40. The molecule has 0 radical (unpaired) electrons. The quantitative estimate of drug-likeness (QED) is 0.188. The standard InChI is InChI=1S/C26H31ClFN6O7P/c1-12(2)21(29)25(36)40-20-9-18(34-11-31-22-23(34)32-26(30)33-24(22)35)13(3)16(20)10-39-42(37)38-7-6-19(41-42)15-8-14(27)4-5-17(15)28/h4-5,8,11-12,16,18-21H,3,6-7,9-10,29H2,1-2H3,(H3,30,32,33,35)/t16-,18?,19+,20-,21-,42-/m0/s1. The van der Waals surface area contributed by atoms with Gasteiger partial charge in [0.2, 0.25) is 5.95 Å². The number of carbonyl (C=O) groups is 1. The number of rotatable bonds is 8. The van der Waals surface area contributed by atoms with E-state index in [4.69, 9.17) is 41.4 Å². The summed E-state index contributed by atoms with van der Waals surface area (Å²) in [5.41, 5.74) is 12.2. The minimum atomic E-state index is -4.19. The summed E-state index contributed by atoms with van der Waals surface area (Å²) in [6.45, 7) is 7.47. The van der Waals surface area contributed by atoms with E-state index >= 15 is 0 Å². The number of nitrogen functional groups attached to an aromatic ring is 1. The lowest BCUT2D eigenvalue weighted by molar-refractivity contribution is -0.153. The van der Waals surface area contributed by atoms with Gasteiger partial charge in [0.1, 0.15) is 18.0 Å². The Hall–Kier alpha value is -3.13. The summed E-state index contributed by atoms with van der Waals surface area (Å²) in [5, 5.41) is 0.292. The van der Waals surface area contributed by atoms with Crippen molar-refractivity contribution < 1.29 is 32.1 Å². The molecule has 13 nitrogen and oxygen atoms in total. The van der Waals surface area contributed by atoms with Gasteiger partial charge in [0, 0.05) is 29.3 Å². The molecule has 0 amide bonds. The minimum Gasteiger partial charge on any atom is -0.460 e. The molecule has 1 aromatic carbocycles. The van der Waals surface area contributed by atoms with Crippen LogP contribution in [0, 0.1) is 17.7 Å². The van der Waals surface area contributed by atoms with Gasteiger partial charge in [0.05, 0.1) is 31.7 Å². The Bertz CT molecular complexity index is 1630. The number of esters is 1. The molecule has 5 N–H and O–H groups in total. The van der Waals surface area contributed by atoms with Gasteiger partial charge >= 0.3 is 13.8 Å². The number of fused-ring (bicyclic) bond motifs is 1. The van der Waals surface area contributed by atoms with Gasteiger partial charge < -0.3 is 20.8 Å². The van der Waals surface area contributed by atoms with Crippen LogP contribution in [-0.4, -0.2) is 50.8 Å². The maximum atomic E-state index is 14.5. The molecule has 0 spiro atoms. The number of phosphoric ester groups is 1. The smallest absolute Gasteiger partial charge is 0.460 e. The van der Waals surface area contributed by atoms with Crippen molar-refractivity contribution in [3.8, 4) is 0 Å². The number of anilines is 1. The Balaban J connectivity index is 1.40. The summed E-state index contributed by atoms with van der Waals surface area (Å²) in [6.07, 6.45) is 0.107. The second-order valence-corrected chi connectivity index (χ2v) is 12.6. The highest BCUT2D eigenvalue weighted by atomic mass is 35.5. The Labute approximate surface area is 244 Å². The number of imidazole rings is 1. The van der Waals surface area contributed by atoms with Crippen LogP contribution < -0.4 is 17.0 Å². The summed E-state index contributed by atoms with van der Waals surface area (Å²) < 4.78 is 52.2. The third kappa shape index (κ3) is 6.01. The molecule has 5 rings (SSSR count). The van der Waals surface area contributed by atoms with E-state index in [9.17, 15) is 18.5 Å². The largest absolute Gasteiger partial charge is 0.475 e. The van der Waals surface area contributed by atoms with Crippen LogP contribution >= 0.6 is 19.4 Å². The van der Waals surface area contributed by atoms with E-state index in [1.165, 1.54) is 24.5 Å². The van der Waals surface area contributed by atoms with Crippen molar-refractivity contribution in [1.82, 2.24) is 19.5 Å². The molecule has 3 aromatic rings. The van der Waals surface area contributed by atoms with Crippen LogP contribution in [-0.2, 0) is 27.7 Å². The number of nitrogens with two attached hydrogens (primary N) is 2. The van der Waals surface area contributed by atoms with Crippen molar-refractivity contribution in [2.75, 3.05) is 18.9 Å². The number of hydrogen-bond donors (Lipinski definition) is 3. The van der Waals surface area contributed by atoms with Gasteiger partial charge in [0.15, 0.2) is 11.2 Å². The van der Waals surface area contributed by atoms with E-state index < -0.39 is 55.4 Å². The van der Waals surface area contributed by atoms with Gasteiger partial charge in [0.25, 0.3) is 5.56 Å². The Morgan fingerprint density at radius 1 is 1.40 bits per heavy atom. The Kier molecular flexibility index (Phi) is 8.57. The zero-order valence-corrected chi connectivity index (χ0v) is 24.5. The molecule has 1 saturated carbocycles. The molecule has 2 aromatic heterocycles. The van der Waals surface area contributed by atoms with Gasteiger partial charge in [-0.2, -0.15) is 4.98 Å². The number of nitrogens with zero attached hydrogens (tertiary/aromatic N) is 3. The van der Waals surface area contributed by atoms with Crippen molar-refractivity contribution in [3.05, 3.63) is 63.4 Å². The topological polar surface area (TPSA) is 187 Å². The molecule has 1 aliphatic carbocycles. The molecule has 0 bridgehead atoms. The van der Waals surface area contributed by atoms with Crippen LogP contribution in [0.15, 0.2) is 41.5 Å². The average Bonchev–Trinajstić information content (AvgIpc) is 3.48. The third-order valence-corrected chi connectivity index (χ3v) is 9.17. The molecule has 2 fully saturated rings. The van der Waals surface area contributed by atoms with Crippen LogP contribution in [0.2, 0.25) is 5.02 Å². The van der Waals surface area contributed by atoms with Crippen LogP contribution in [0.5, 0.6) is 0 Å². The molecule has 6 atom stereocenters. The summed E-state index contributed by atoms with van der Waals surface area (Å²) in [6, 6.07) is 2.56. The van der Waals surface area contributed by atoms with Gasteiger partial charge in [-0.1, -0.05) is 32.0 Å². The SMILES string of the molecule is C=C1C(n2cnc3c(=O)[nH]c(N)nc32)C[C@H](OC(=O)[C@@H](N)C(C)C)[C@H]1CO[P@]1(=O)OCC[C@H](c2cc(Cl)ccc2F)O1. The predicted molar refractivity (Wildman–Crippen MR) is 151 cm³/mol. The number of nitrogens with one attached hydrogen (secondary N) is 1. The molecular formula is C26H31ClFN6O7P. The molecule has 42 heavy (non-hydrogen) atoms. The normalized spacial score (nSPS) is 27.0. The van der Waals surface area contributed by atoms with E-state index in [0.717, 1.165) is 0 Å². The number of aromatic amines is 1. The lowest BCUT2D eigenvalue weighted by Gasteiger charge is -2.30. The van der Waals surface area contributed by atoms with Crippen molar-refractivity contribution >= 4 is 42.5 Å². The van der Waals surface area contributed by atoms with Gasteiger partial charge in [-0.15, -0.1) is 0 Å². The van der Waals surface area contributed by atoms with E-state index in [1.54, 1.807) is 18.4 Å². The van der Waals surface area contributed by atoms with Gasteiger partial charge in [-0.3, -0.25) is 28.1 Å². The lowest BCUT2D eigenvalue weighted by atomic mass is 10.0. The maximum Gasteiger partial charge on any atom is 0.475 e. The molecule has 226 valence electrons. The number of halogens is 2. The predicted octanol–water partition coefficient (Wildman–Crippen LogP) is 3.81. The fraction of sp³-hybridized carbons (Fsp3) is 0.462. The van der Waals surface area contributed by atoms with Crippen LogP contribution in [0.4, 0.5) is 10.3 Å². The highest BCUT2D eigenvalue weighted by Gasteiger charge is 2.45. The fourth-order valence-electron chi connectivity index (χ4n) is 5.05. The summed E-state index contributed by atoms with van der Waals surface area (Å²) in [5.74, 6) is -2.18. The molecular weight excluding hydrogens is 594 g/mol. The third-order valence-electron chi connectivity index (χ3n) is 7.46. The molecule has 3 heterocycles. The molecule has 2 aliphatic rings. The first kappa shape index (κ1) is 30.3. The summed E-state index contributed by atoms with van der Waals surface area (Å²) in [7, 11) is -4.19. The van der Waals surface area contributed by atoms with Crippen molar-refractivity contribution in [2.45, 2.75) is 51.0 Å². The monoisotopic (exact) mass is 624 g/mol. The highest BCUT2D eigenvalue weighted by Crippen LogP contribution is 2.58. The van der Waals surface area contributed by atoms with E-state index in [2.05, 4.69) is 21.5 Å². The van der Waals surface area contributed by atoms with Crippen LogP contribution in [0.3, 0.4) is 0 Å². The first-order valence-electron chi connectivity index (χ1n) is 13.3. The summed E-state index contributed by atoms with van der Waals surface area (Å²) in [4.78, 5) is 36.0. The van der Waals surface area contributed by atoms with Gasteiger partial charge in [-0.25, -0.2) is 13.9 Å². The van der Waals surface area contributed by atoms with Crippen molar-refractivity contribution in [2.24, 2.45) is 17.6 Å². The second-order valence-electron chi connectivity index (χ2n) is 10.6. The fourth-order valence-corrected chi connectivity index (χ4v) is 6.63. The van der Waals surface area contributed by atoms with Crippen LogP contribution in [0.1, 0.15) is 44.4 Å². The minimum absolute atomic E-state index is 0.0214. The van der Waals surface area contributed by atoms with E-state index in [1.807, 2.05) is 0 Å². The maximum absolute atomic E-state index is 14.5. The average molecular weight is 625 g/mol. The first-order valence-corrected chi connectivity index (χ1v) is 15.1. The molecule has 1 unspecified atom stereocenters. The zero-order valence-electron chi connectivity index (χ0n) is 22.9. The number of H-pyrrole nitrogens is 1. The van der Waals surface area contributed by atoms with Crippen molar-refractivity contribution in [3.63, 3.8) is 0 Å². The number of phosphoric acid groups is 1. The summed E-state index contributed by atoms with van der Waals surface area (Å²) >= 11 is 6.03. The zero-order chi connectivity index (χ0) is 30.3.